The number of rotatable bonds is 5. The predicted molar refractivity (Wildman–Crippen MR) is 129 cm³/mol. The number of hydrogen-bond acceptors (Lipinski definition) is 7. The number of nitrogens with two attached hydrogens (primary N) is 1. The molecule has 0 spiro atoms. The number of allylic oxidation sites excluding steroid dienone is 1. The summed E-state index contributed by atoms with van der Waals surface area (Å²) in [5.74, 6) is 0.528. The van der Waals surface area contributed by atoms with E-state index < -0.39 is 11.9 Å². The van der Waals surface area contributed by atoms with E-state index in [1.807, 2.05) is 56.3 Å². The molecule has 7 heteroatoms. The summed E-state index contributed by atoms with van der Waals surface area (Å²) in [4.78, 5) is 12.9. The highest BCUT2D eigenvalue weighted by Crippen LogP contribution is 2.43. The number of fused-ring (bicyclic) bond motifs is 2. The second kappa shape index (κ2) is 8.92. The van der Waals surface area contributed by atoms with Crippen molar-refractivity contribution in [3.63, 3.8) is 0 Å². The van der Waals surface area contributed by atoms with E-state index >= 15 is 0 Å². The molecule has 2 heterocycles. The molecule has 1 atom stereocenters. The first-order valence-corrected chi connectivity index (χ1v) is 11.1. The summed E-state index contributed by atoms with van der Waals surface area (Å²) < 4.78 is 22.6. The van der Waals surface area contributed by atoms with E-state index in [0.717, 1.165) is 22.3 Å². The Morgan fingerprint density at radius 2 is 1.83 bits per heavy atom. The van der Waals surface area contributed by atoms with E-state index in [1.54, 1.807) is 24.3 Å². The average Bonchev–Trinajstić information content (AvgIpc) is 3.20. The highest BCUT2D eigenvalue weighted by Gasteiger charge is 2.31. The first-order chi connectivity index (χ1) is 17.0. The van der Waals surface area contributed by atoms with Gasteiger partial charge in [0.25, 0.3) is 0 Å². The molecule has 0 saturated heterocycles. The van der Waals surface area contributed by atoms with E-state index in [-0.39, 0.29) is 17.4 Å². The normalized spacial score (nSPS) is 14.7. The minimum absolute atomic E-state index is 0.00971. The summed E-state index contributed by atoms with van der Waals surface area (Å²) in [5, 5.41) is 10.6. The van der Waals surface area contributed by atoms with Gasteiger partial charge in [0.2, 0.25) is 11.6 Å². The van der Waals surface area contributed by atoms with Crippen molar-refractivity contribution in [2.75, 3.05) is 6.61 Å². The lowest BCUT2D eigenvalue weighted by Crippen LogP contribution is -2.21. The van der Waals surface area contributed by atoms with Crippen LogP contribution in [0.5, 0.6) is 17.2 Å². The molecule has 3 aromatic carbocycles. The van der Waals surface area contributed by atoms with Crippen LogP contribution in [0.15, 0.2) is 82.6 Å². The van der Waals surface area contributed by atoms with Gasteiger partial charge in [-0.15, -0.1) is 0 Å². The molecule has 0 radical (unpaired) electrons. The Kier molecular flexibility index (Phi) is 5.63. The van der Waals surface area contributed by atoms with Gasteiger partial charge in [0.15, 0.2) is 0 Å². The number of furan rings is 1. The molecule has 0 bridgehead atoms. The van der Waals surface area contributed by atoms with E-state index in [2.05, 4.69) is 6.07 Å². The van der Waals surface area contributed by atoms with Crippen LogP contribution in [0.25, 0.3) is 11.0 Å². The van der Waals surface area contributed by atoms with Gasteiger partial charge in [-0.1, -0.05) is 36.4 Å². The van der Waals surface area contributed by atoms with Gasteiger partial charge in [-0.3, -0.25) is 0 Å². The average molecular weight is 466 g/mol. The zero-order chi connectivity index (χ0) is 24.5. The van der Waals surface area contributed by atoms with Gasteiger partial charge in [-0.2, -0.15) is 5.26 Å². The first kappa shape index (κ1) is 22.1. The Balaban J connectivity index is 1.47. The van der Waals surface area contributed by atoms with Crippen LogP contribution in [-0.4, -0.2) is 12.6 Å². The predicted octanol–water partition coefficient (Wildman–Crippen LogP) is 5.58. The number of hydrogen-bond donors (Lipinski definition) is 1. The third-order valence-corrected chi connectivity index (χ3v) is 5.95. The van der Waals surface area contributed by atoms with Crippen LogP contribution in [0.4, 0.5) is 0 Å². The molecule has 0 fully saturated rings. The number of para-hydroxylation sites is 1. The van der Waals surface area contributed by atoms with E-state index in [9.17, 15) is 10.1 Å². The molecule has 1 aliphatic rings. The number of nitriles is 1. The van der Waals surface area contributed by atoms with Gasteiger partial charge in [0, 0.05) is 22.6 Å². The van der Waals surface area contributed by atoms with Crippen LogP contribution in [0.2, 0.25) is 0 Å². The summed E-state index contributed by atoms with van der Waals surface area (Å²) in [5.41, 5.74) is 9.34. The molecule has 35 heavy (non-hydrogen) atoms. The van der Waals surface area contributed by atoms with Crippen LogP contribution in [0.1, 0.15) is 40.1 Å². The lowest BCUT2D eigenvalue weighted by molar-refractivity contribution is 0.0702. The number of nitrogens with zero attached hydrogens (tertiary/aromatic N) is 1. The third kappa shape index (κ3) is 3.96. The highest BCUT2D eigenvalue weighted by molar-refractivity contribution is 5.96. The van der Waals surface area contributed by atoms with Crippen LogP contribution in [0.3, 0.4) is 0 Å². The van der Waals surface area contributed by atoms with E-state index in [4.69, 9.17) is 24.4 Å². The van der Waals surface area contributed by atoms with Crippen LogP contribution in [-0.2, 0) is 0 Å². The van der Waals surface area contributed by atoms with Gasteiger partial charge in [0.05, 0.1) is 12.5 Å². The smallest absolute Gasteiger partial charge is 0.379 e. The fourth-order valence-electron chi connectivity index (χ4n) is 4.29. The van der Waals surface area contributed by atoms with Crippen molar-refractivity contribution in [3.8, 4) is 23.3 Å². The Morgan fingerprint density at radius 3 is 2.54 bits per heavy atom. The number of benzene rings is 3. The third-order valence-electron chi connectivity index (χ3n) is 5.95. The number of aryl methyl sites for hydroxylation is 1. The molecule has 1 unspecified atom stereocenters. The van der Waals surface area contributed by atoms with Gasteiger partial charge in [-0.25, -0.2) is 4.79 Å². The zero-order valence-corrected chi connectivity index (χ0v) is 19.2. The van der Waals surface area contributed by atoms with Crippen LogP contribution < -0.4 is 19.9 Å². The Morgan fingerprint density at radius 1 is 1.09 bits per heavy atom. The SMILES string of the molecule is CCOc1ccc(C2C(C#N)=C(N)Oc3cc(OC(=O)c4oc5ccccc5c4C)ccc32)cc1. The summed E-state index contributed by atoms with van der Waals surface area (Å²) in [7, 11) is 0. The number of carbonyl (C=O) groups is 1. The van der Waals surface area contributed by atoms with Crippen molar-refractivity contribution in [3.05, 3.63) is 101 Å². The van der Waals surface area contributed by atoms with Gasteiger partial charge in [0.1, 0.15) is 34.5 Å². The van der Waals surface area contributed by atoms with Gasteiger partial charge >= 0.3 is 5.97 Å². The van der Waals surface area contributed by atoms with E-state index in [0.29, 0.717) is 29.1 Å². The fraction of sp³-hybridized carbons (Fsp3) is 0.143. The molecule has 7 nitrogen and oxygen atoms in total. The Labute approximate surface area is 201 Å². The number of esters is 1. The number of carbonyl (C=O) groups excluding carboxylic acids is 1. The van der Waals surface area contributed by atoms with E-state index in [1.165, 1.54) is 0 Å². The minimum Gasteiger partial charge on any atom is -0.494 e. The molecular formula is C28H22N2O5. The molecule has 174 valence electrons. The standard InChI is InChI=1S/C28H22N2O5/c1-3-32-18-10-8-17(9-11-18)25-21-13-12-19(14-24(21)35-27(30)22(25)15-29)33-28(31)26-16(2)20-6-4-5-7-23(20)34-26/h4-14,25H,3,30H2,1-2H3. The molecule has 1 aromatic heterocycles. The van der Waals surface area contributed by atoms with Crippen molar-refractivity contribution in [2.24, 2.45) is 5.73 Å². The molecule has 0 aliphatic carbocycles. The quantitative estimate of drug-likeness (QED) is 0.302. The maximum Gasteiger partial charge on any atom is 0.379 e. The van der Waals surface area contributed by atoms with Crippen molar-refractivity contribution >= 4 is 16.9 Å². The molecular weight excluding hydrogens is 444 g/mol. The largest absolute Gasteiger partial charge is 0.494 e. The lowest BCUT2D eigenvalue weighted by atomic mass is 9.83. The maximum atomic E-state index is 12.9. The van der Waals surface area contributed by atoms with Gasteiger partial charge in [-0.05, 0) is 43.7 Å². The minimum atomic E-state index is -0.612. The highest BCUT2D eigenvalue weighted by atomic mass is 16.5. The molecule has 5 rings (SSSR count). The number of ether oxygens (including phenoxy) is 3. The van der Waals surface area contributed by atoms with Gasteiger partial charge < -0.3 is 24.4 Å². The summed E-state index contributed by atoms with van der Waals surface area (Å²) >= 11 is 0. The fourth-order valence-corrected chi connectivity index (χ4v) is 4.29. The summed E-state index contributed by atoms with van der Waals surface area (Å²) in [6.07, 6.45) is 0. The second-order valence-corrected chi connectivity index (χ2v) is 8.07. The van der Waals surface area contributed by atoms with Crippen molar-refractivity contribution in [1.82, 2.24) is 0 Å². The lowest BCUT2D eigenvalue weighted by Gasteiger charge is -2.26. The summed E-state index contributed by atoms with van der Waals surface area (Å²) in [6, 6.07) is 22.1. The molecule has 1 aliphatic heterocycles. The molecule has 4 aromatic rings. The zero-order valence-electron chi connectivity index (χ0n) is 19.2. The van der Waals surface area contributed by atoms with Crippen molar-refractivity contribution < 1.29 is 23.4 Å². The second-order valence-electron chi connectivity index (χ2n) is 8.07. The summed E-state index contributed by atoms with van der Waals surface area (Å²) in [6.45, 7) is 4.29. The molecule has 0 amide bonds. The Hall–Kier alpha value is -4.70. The van der Waals surface area contributed by atoms with Crippen LogP contribution >= 0.6 is 0 Å². The van der Waals surface area contributed by atoms with Crippen molar-refractivity contribution in [1.29, 1.82) is 5.26 Å². The molecule has 0 saturated carbocycles. The molecule has 2 N–H and O–H groups in total. The monoisotopic (exact) mass is 466 g/mol. The Bertz CT molecular complexity index is 1510. The van der Waals surface area contributed by atoms with Crippen LogP contribution in [0, 0.1) is 18.3 Å². The maximum absolute atomic E-state index is 12.9. The first-order valence-electron chi connectivity index (χ1n) is 11.1. The topological polar surface area (TPSA) is 108 Å². The van der Waals surface area contributed by atoms with Crippen molar-refractivity contribution in [2.45, 2.75) is 19.8 Å².